The Morgan fingerprint density at radius 2 is 1.85 bits per heavy atom. The van der Waals surface area contributed by atoms with Crippen LogP contribution in [0, 0.1) is 12.8 Å². The molecule has 0 aromatic heterocycles. The van der Waals surface area contributed by atoms with Gasteiger partial charge in [0.1, 0.15) is 5.75 Å². The van der Waals surface area contributed by atoms with E-state index < -0.39 is 0 Å². The number of aryl methyl sites for hydroxylation is 1. The van der Waals surface area contributed by atoms with Gasteiger partial charge in [0, 0.05) is 17.7 Å². The molecule has 1 amide bonds. The number of benzene rings is 2. The van der Waals surface area contributed by atoms with Gasteiger partial charge in [-0.05, 0) is 67.9 Å². The van der Waals surface area contributed by atoms with Crippen LogP contribution in [-0.4, -0.2) is 18.8 Å². The summed E-state index contributed by atoms with van der Waals surface area (Å²) >= 11 is 0. The Morgan fingerprint density at radius 1 is 1.15 bits per heavy atom. The maximum atomic E-state index is 12.7. The van der Waals surface area contributed by atoms with Gasteiger partial charge in [-0.1, -0.05) is 24.3 Å². The summed E-state index contributed by atoms with van der Waals surface area (Å²) in [7, 11) is 1.65. The molecular weight excluding hydrogens is 326 g/mol. The van der Waals surface area contributed by atoms with Gasteiger partial charge in [-0.15, -0.1) is 0 Å². The molecule has 136 valence electrons. The number of carbonyl (C=O) groups excluding carboxylic acids is 2. The second kappa shape index (κ2) is 7.73. The van der Waals surface area contributed by atoms with Crippen molar-refractivity contribution in [2.75, 3.05) is 12.4 Å². The predicted molar refractivity (Wildman–Crippen MR) is 103 cm³/mol. The second-order valence-electron chi connectivity index (χ2n) is 7.06. The number of ketones is 1. The fraction of sp³-hybridized carbons (Fsp3) is 0.364. The molecule has 0 heterocycles. The van der Waals surface area contributed by atoms with E-state index >= 15 is 0 Å². The first-order valence-electron chi connectivity index (χ1n) is 9.03. The summed E-state index contributed by atoms with van der Waals surface area (Å²) in [6.45, 7) is 3.46. The van der Waals surface area contributed by atoms with Crippen LogP contribution in [0.1, 0.15) is 53.6 Å². The zero-order valence-corrected chi connectivity index (χ0v) is 15.5. The Balaban J connectivity index is 1.72. The first kappa shape index (κ1) is 18.2. The molecule has 0 saturated heterocycles. The van der Waals surface area contributed by atoms with Gasteiger partial charge in [0.2, 0.25) is 5.91 Å². The van der Waals surface area contributed by atoms with E-state index in [0.717, 1.165) is 11.3 Å². The molecule has 2 aromatic rings. The summed E-state index contributed by atoms with van der Waals surface area (Å²) < 4.78 is 5.22. The molecule has 1 fully saturated rings. The lowest BCUT2D eigenvalue weighted by Crippen LogP contribution is -2.17. The average molecular weight is 351 g/mol. The Kier molecular flexibility index (Phi) is 5.40. The molecule has 1 saturated carbocycles. The smallest absolute Gasteiger partial charge is 0.225 e. The summed E-state index contributed by atoms with van der Waals surface area (Å²) in [6.07, 6.45) is 2.78. The third-order valence-corrected chi connectivity index (χ3v) is 5.06. The second-order valence-corrected chi connectivity index (χ2v) is 7.06. The van der Waals surface area contributed by atoms with Crippen molar-refractivity contribution in [1.29, 1.82) is 0 Å². The number of methoxy groups -OCH3 is 1. The molecule has 1 aliphatic carbocycles. The number of Topliss-reactive ketones (excluding diaryl/α,β-unsaturated/α-hetero) is 1. The summed E-state index contributed by atoms with van der Waals surface area (Å²) in [5.74, 6) is 1.59. The Labute approximate surface area is 154 Å². The van der Waals surface area contributed by atoms with Crippen LogP contribution in [0.3, 0.4) is 0 Å². The molecule has 4 heteroatoms. The van der Waals surface area contributed by atoms with Gasteiger partial charge in [0.05, 0.1) is 7.11 Å². The molecule has 1 aliphatic rings. The number of anilines is 1. The molecule has 2 aromatic carbocycles. The van der Waals surface area contributed by atoms with Crippen LogP contribution >= 0.6 is 0 Å². The highest BCUT2D eigenvalue weighted by atomic mass is 16.5. The van der Waals surface area contributed by atoms with Gasteiger partial charge in [0.25, 0.3) is 0 Å². The van der Waals surface area contributed by atoms with Crippen LogP contribution in [0.5, 0.6) is 5.75 Å². The lowest BCUT2D eigenvalue weighted by atomic mass is 9.90. The summed E-state index contributed by atoms with van der Waals surface area (Å²) in [6, 6.07) is 13.4. The molecule has 1 unspecified atom stereocenters. The van der Waals surface area contributed by atoms with Gasteiger partial charge in [0.15, 0.2) is 5.78 Å². The normalized spacial score (nSPS) is 14.6. The van der Waals surface area contributed by atoms with Crippen molar-refractivity contribution in [3.05, 3.63) is 59.2 Å². The first-order valence-corrected chi connectivity index (χ1v) is 9.03. The number of hydrogen-bond acceptors (Lipinski definition) is 3. The molecule has 26 heavy (non-hydrogen) atoms. The van der Waals surface area contributed by atoms with Crippen molar-refractivity contribution in [2.24, 2.45) is 5.92 Å². The molecule has 0 spiro atoms. The minimum absolute atomic E-state index is 0.00501. The third-order valence-electron chi connectivity index (χ3n) is 5.06. The highest BCUT2D eigenvalue weighted by Gasteiger charge is 2.33. The van der Waals surface area contributed by atoms with Gasteiger partial charge >= 0.3 is 0 Å². The lowest BCUT2D eigenvalue weighted by Gasteiger charge is -2.18. The van der Waals surface area contributed by atoms with Gasteiger partial charge in [-0.25, -0.2) is 0 Å². The fourth-order valence-corrected chi connectivity index (χ4v) is 3.28. The number of amides is 1. The molecule has 0 bridgehead atoms. The standard InChI is InChI=1S/C22H25NO3/c1-14-4-5-18(15(2)24)12-21(14)23-22(25)13-20(16-6-7-16)17-8-10-19(26-3)11-9-17/h4-5,8-12,16,20H,6-7,13H2,1-3H3,(H,23,25). The number of nitrogens with one attached hydrogen (secondary N) is 1. The van der Waals surface area contributed by atoms with Crippen molar-refractivity contribution < 1.29 is 14.3 Å². The van der Waals surface area contributed by atoms with E-state index in [1.807, 2.05) is 25.1 Å². The van der Waals surface area contributed by atoms with Crippen molar-refractivity contribution in [3.63, 3.8) is 0 Å². The molecule has 1 atom stereocenters. The Hall–Kier alpha value is -2.62. The molecule has 4 nitrogen and oxygen atoms in total. The topological polar surface area (TPSA) is 55.4 Å². The van der Waals surface area contributed by atoms with Crippen molar-refractivity contribution in [2.45, 2.75) is 39.0 Å². The lowest BCUT2D eigenvalue weighted by molar-refractivity contribution is -0.116. The average Bonchev–Trinajstić information content (AvgIpc) is 3.46. The van der Waals surface area contributed by atoms with Crippen molar-refractivity contribution >= 4 is 17.4 Å². The van der Waals surface area contributed by atoms with Crippen molar-refractivity contribution in [1.82, 2.24) is 0 Å². The highest BCUT2D eigenvalue weighted by Crippen LogP contribution is 2.44. The minimum Gasteiger partial charge on any atom is -0.497 e. The zero-order valence-electron chi connectivity index (χ0n) is 15.5. The molecule has 1 N–H and O–H groups in total. The predicted octanol–water partition coefficient (Wildman–Crippen LogP) is 4.73. The van der Waals surface area contributed by atoms with Crippen LogP contribution < -0.4 is 10.1 Å². The third kappa shape index (κ3) is 4.31. The molecule has 0 aliphatic heterocycles. The highest BCUT2D eigenvalue weighted by molar-refractivity contribution is 5.97. The largest absolute Gasteiger partial charge is 0.497 e. The van der Waals surface area contributed by atoms with E-state index in [2.05, 4.69) is 17.4 Å². The molecular formula is C22H25NO3. The monoisotopic (exact) mass is 351 g/mol. The van der Waals surface area contributed by atoms with E-state index in [-0.39, 0.29) is 17.6 Å². The van der Waals surface area contributed by atoms with E-state index in [4.69, 9.17) is 4.74 Å². The minimum atomic E-state index is -0.0125. The fourth-order valence-electron chi connectivity index (χ4n) is 3.28. The number of rotatable bonds is 7. The van der Waals surface area contributed by atoms with Gasteiger partial charge in [-0.3, -0.25) is 9.59 Å². The summed E-state index contributed by atoms with van der Waals surface area (Å²) in [5.41, 5.74) is 3.46. The van der Waals surface area contributed by atoms with Crippen molar-refractivity contribution in [3.8, 4) is 5.75 Å². The summed E-state index contributed by atoms with van der Waals surface area (Å²) in [5, 5.41) is 3.00. The van der Waals surface area contributed by atoms with E-state index in [1.54, 1.807) is 19.2 Å². The van der Waals surface area contributed by atoms with Gasteiger partial charge in [-0.2, -0.15) is 0 Å². The van der Waals surface area contributed by atoms with E-state index in [0.29, 0.717) is 23.6 Å². The van der Waals surface area contributed by atoms with Crippen LogP contribution in [0.25, 0.3) is 0 Å². The maximum Gasteiger partial charge on any atom is 0.225 e. The zero-order chi connectivity index (χ0) is 18.7. The van der Waals surface area contributed by atoms with Crippen LogP contribution in [-0.2, 0) is 4.79 Å². The Morgan fingerprint density at radius 3 is 2.42 bits per heavy atom. The van der Waals surface area contributed by atoms with E-state index in [9.17, 15) is 9.59 Å². The SMILES string of the molecule is COc1ccc(C(CC(=O)Nc2cc(C(C)=O)ccc2C)C2CC2)cc1. The van der Waals surface area contributed by atoms with Crippen LogP contribution in [0.2, 0.25) is 0 Å². The van der Waals surface area contributed by atoms with Crippen LogP contribution in [0.15, 0.2) is 42.5 Å². The first-order chi connectivity index (χ1) is 12.5. The van der Waals surface area contributed by atoms with E-state index in [1.165, 1.54) is 25.3 Å². The number of carbonyl (C=O) groups is 2. The maximum absolute atomic E-state index is 12.7. The summed E-state index contributed by atoms with van der Waals surface area (Å²) in [4.78, 5) is 24.2. The quantitative estimate of drug-likeness (QED) is 0.734. The number of hydrogen-bond donors (Lipinski definition) is 1. The molecule has 0 radical (unpaired) electrons. The molecule has 3 rings (SSSR count). The van der Waals surface area contributed by atoms with Crippen LogP contribution in [0.4, 0.5) is 5.69 Å². The number of ether oxygens (including phenoxy) is 1. The Bertz CT molecular complexity index is 807. The van der Waals surface area contributed by atoms with Gasteiger partial charge < -0.3 is 10.1 Å².